The van der Waals surface area contributed by atoms with Gasteiger partial charge in [-0.25, -0.2) is 0 Å². The normalized spacial score (nSPS) is 12.6. The number of hydrogen-bond acceptors (Lipinski definition) is 4. The molecular formula is C12H17N5. The molecule has 0 radical (unpaired) electrons. The van der Waals surface area contributed by atoms with Crippen molar-refractivity contribution >= 4 is 0 Å². The molecule has 0 saturated carbocycles. The first-order chi connectivity index (χ1) is 8.31. The van der Waals surface area contributed by atoms with Gasteiger partial charge in [0.2, 0.25) is 0 Å². The van der Waals surface area contributed by atoms with Crippen molar-refractivity contribution in [3.8, 4) is 0 Å². The van der Waals surface area contributed by atoms with Crippen LogP contribution in [0.2, 0.25) is 0 Å². The maximum absolute atomic E-state index is 4.43. The third-order valence-corrected chi connectivity index (χ3v) is 2.51. The first-order valence-corrected chi connectivity index (χ1v) is 5.80. The topological polar surface area (TPSA) is 55.6 Å². The molecule has 2 aromatic rings. The van der Waals surface area contributed by atoms with Crippen LogP contribution in [0.3, 0.4) is 0 Å². The van der Waals surface area contributed by atoms with Crippen LogP contribution in [-0.4, -0.2) is 26.3 Å². The summed E-state index contributed by atoms with van der Waals surface area (Å²) in [6, 6.07) is 2.02. The summed E-state index contributed by atoms with van der Waals surface area (Å²) >= 11 is 0. The highest BCUT2D eigenvalue weighted by Gasteiger charge is 2.16. The van der Waals surface area contributed by atoms with E-state index in [-0.39, 0.29) is 6.04 Å². The standard InChI is InChI=1S/C12H17N5/c1-3-5-15-12(10-4-8-17(2)16-10)11-9-13-6-7-14-11/h4,6-9,12,15H,3,5H2,1-2H3. The van der Waals surface area contributed by atoms with Crippen LogP contribution in [0.15, 0.2) is 30.9 Å². The van der Waals surface area contributed by atoms with Crippen molar-refractivity contribution in [3.63, 3.8) is 0 Å². The highest BCUT2D eigenvalue weighted by molar-refractivity contribution is 5.18. The molecule has 1 unspecified atom stereocenters. The lowest BCUT2D eigenvalue weighted by molar-refractivity contribution is 0.563. The van der Waals surface area contributed by atoms with E-state index in [4.69, 9.17) is 0 Å². The van der Waals surface area contributed by atoms with E-state index in [0.717, 1.165) is 24.4 Å². The van der Waals surface area contributed by atoms with Crippen molar-refractivity contribution in [2.45, 2.75) is 19.4 Å². The number of aryl methyl sites for hydroxylation is 1. The summed E-state index contributed by atoms with van der Waals surface area (Å²) in [7, 11) is 1.91. The Kier molecular flexibility index (Phi) is 3.82. The second-order valence-corrected chi connectivity index (χ2v) is 3.93. The monoisotopic (exact) mass is 231 g/mol. The SMILES string of the molecule is CCCNC(c1cnccn1)c1ccn(C)n1. The molecule has 0 aliphatic carbocycles. The van der Waals surface area contributed by atoms with Crippen molar-refractivity contribution in [2.24, 2.45) is 7.05 Å². The molecule has 1 atom stereocenters. The van der Waals surface area contributed by atoms with Crippen LogP contribution in [-0.2, 0) is 7.05 Å². The molecule has 0 bridgehead atoms. The summed E-state index contributed by atoms with van der Waals surface area (Å²) in [5.41, 5.74) is 1.88. The van der Waals surface area contributed by atoms with E-state index in [1.54, 1.807) is 23.3 Å². The second-order valence-electron chi connectivity index (χ2n) is 3.93. The second kappa shape index (κ2) is 5.54. The van der Waals surface area contributed by atoms with Crippen LogP contribution in [0.4, 0.5) is 0 Å². The smallest absolute Gasteiger partial charge is 0.0959 e. The summed E-state index contributed by atoms with van der Waals surface area (Å²) in [6.45, 7) is 3.07. The maximum Gasteiger partial charge on any atom is 0.0959 e. The summed E-state index contributed by atoms with van der Waals surface area (Å²) in [4.78, 5) is 8.45. The Balaban J connectivity index is 2.25. The Hall–Kier alpha value is -1.75. The predicted octanol–water partition coefficient (Wildman–Crippen LogP) is 1.30. The zero-order chi connectivity index (χ0) is 12.1. The minimum Gasteiger partial charge on any atom is -0.304 e. The summed E-state index contributed by atoms with van der Waals surface area (Å²) in [5.74, 6) is 0. The van der Waals surface area contributed by atoms with Crippen molar-refractivity contribution in [1.29, 1.82) is 0 Å². The Labute approximate surface area is 101 Å². The summed E-state index contributed by atoms with van der Waals surface area (Å²) in [5, 5.41) is 7.86. The Morgan fingerprint density at radius 3 is 2.82 bits per heavy atom. The highest BCUT2D eigenvalue weighted by Crippen LogP contribution is 2.17. The van der Waals surface area contributed by atoms with Gasteiger partial charge in [-0.3, -0.25) is 14.6 Å². The molecule has 0 aliphatic heterocycles. The molecule has 0 saturated heterocycles. The average Bonchev–Trinajstić information content (AvgIpc) is 2.78. The van der Waals surface area contributed by atoms with Crippen molar-refractivity contribution in [1.82, 2.24) is 25.1 Å². The van der Waals surface area contributed by atoms with E-state index in [1.165, 1.54) is 0 Å². The van der Waals surface area contributed by atoms with Gasteiger partial charge in [0.1, 0.15) is 0 Å². The molecule has 0 aliphatic rings. The molecule has 0 amide bonds. The van der Waals surface area contributed by atoms with E-state index >= 15 is 0 Å². The lowest BCUT2D eigenvalue weighted by atomic mass is 10.1. The van der Waals surface area contributed by atoms with Gasteiger partial charge in [0, 0.05) is 25.6 Å². The predicted molar refractivity (Wildman–Crippen MR) is 65.4 cm³/mol. The van der Waals surface area contributed by atoms with E-state index < -0.39 is 0 Å². The minimum atomic E-state index is 0.0184. The number of rotatable bonds is 5. The molecule has 5 heteroatoms. The molecule has 17 heavy (non-hydrogen) atoms. The molecule has 1 N–H and O–H groups in total. The first kappa shape index (κ1) is 11.7. The first-order valence-electron chi connectivity index (χ1n) is 5.80. The van der Waals surface area contributed by atoms with Crippen LogP contribution in [0.25, 0.3) is 0 Å². The van der Waals surface area contributed by atoms with Crippen LogP contribution in [0, 0.1) is 0 Å². The van der Waals surface area contributed by atoms with Crippen LogP contribution in [0.5, 0.6) is 0 Å². The van der Waals surface area contributed by atoms with Gasteiger partial charge in [-0.15, -0.1) is 0 Å². The molecule has 0 fully saturated rings. The van der Waals surface area contributed by atoms with Gasteiger partial charge in [-0.2, -0.15) is 5.10 Å². The van der Waals surface area contributed by atoms with Crippen molar-refractivity contribution < 1.29 is 0 Å². The van der Waals surface area contributed by atoms with Gasteiger partial charge in [0.05, 0.1) is 23.6 Å². The maximum atomic E-state index is 4.43. The molecule has 5 nitrogen and oxygen atoms in total. The third-order valence-electron chi connectivity index (χ3n) is 2.51. The van der Waals surface area contributed by atoms with Gasteiger partial charge in [0.25, 0.3) is 0 Å². The van der Waals surface area contributed by atoms with E-state index in [9.17, 15) is 0 Å². The number of nitrogens with zero attached hydrogens (tertiary/aromatic N) is 4. The quantitative estimate of drug-likeness (QED) is 0.842. The fourth-order valence-corrected chi connectivity index (χ4v) is 1.70. The molecule has 0 spiro atoms. The van der Waals surface area contributed by atoms with E-state index in [2.05, 4.69) is 27.3 Å². The lowest BCUT2D eigenvalue weighted by Gasteiger charge is -2.15. The zero-order valence-corrected chi connectivity index (χ0v) is 10.2. The molecule has 90 valence electrons. The lowest BCUT2D eigenvalue weighted by Crippen LogP contribution is -2.24. The van der Waals surface area contributed by atoms with Gasteiger partial charge in [-0.05, 0) is 19.0 Å². The van der Waals surface area contributed by atoms with E-state index in [1.807, 2.05) is 19.3 Å². The number of nitrogens with one attached hydrogen (secondary N) is 1. The fraction of sp³-hybridized carbons (Fsp3) is 0.417. The molecule has 2 aromatic heterocycles. The fourth-order valence-electron chi connectivity index (χ4n) is 1.70. The van der Waals surface area contributed by atoms with E-state index in [0.29, 0.717) is 0 Å². The van der Waals surface area contributed by atoms with Gasteiger partial charge < -0.3 is 5.32 Å². The highest BCUT2D eigenvalue weighted by atomic mass is 15.3. The molecular weight excluding hydrogens is 214 g/mol. The zero-order valence-electron chi connectivity index (χ0n) is 10.2. The van der Waals surface area contributed by atoms with Gasteiger partial charge >= 0.3 is 0 Å². The molecule has 2 rings (SSSR count). The van der Waals surface area contributed by atoms with Crippen LogP contribution in [0.1, 0.15) is 30.8 Å². The largest absolute Gasteiger partial charge is 0.304 e. The summed E-state index contributed by atoms with van der Waals surface area (Å²) in [6.07, 6.45) is 8.18. The van der Waals surface area contributed by atoms with Crippen LogP contribution >= 0.6 is 0 Å². The summed E-state index contributed by atoms with van der Waals surface area (Å²) < 4.78 is 1.80. The average molecular weight is 231 g/mol. The van der Waals surface area contributed by atoms with Crippen molar-refractivity contribution in [3.05, 3.63) is 42.2 Å². The van der Waals surface area contributed by atoms with Crippen molar-refractivity contribution in [2.75, 3.05) is 6.54 Å². The van der Waals surface area contributed by atoms with Crippen LogP contribution < -0.4 is 5.32 Å². The Bertz CT molecular complexity index is 451. The van der Waals surface area contributed by atoms with Gasteiger partial charge in [0.15, 0.2) is 0 Å². The Morgan fingerprint density at radius 2 is 2.24 bits per heavy atom. The minimum absolute atomic E-state index is 0.0184. The molecule has 2 heterocycles. The van der Waals surface area contributed by atoms with Gasteiger partial charge in [-0.1, -0.05) is 6.92 Å². The molecule has 0 aromatic carbocycles. The number of hydrogen-bond donors (Lipinski definition) is 1. The Morgan fingerprint density at radius 1 is 1.35 bits per heavy atom. The third kappa shape index (κ3) is 2.88. The number of aromatic nitrogens is 4.